The maximum absolute atomic E-state index is 12.5. The van der Waals surface area contributed by atoms with Crippen molar-refractivity contribution in [1.29, 1.82) is 0 Å². The predicted octanol–water partition coefficient (Wildman–Crippen LogP) is 3.95. The summed E-state index contributed by atoms with van der Waals surface area (Å²) in [6, 6.07) is 22.3. The second-order valence-corrected chi connectivity index (χ2v) is 8.31. The number of sulfonamides is 1. The average molecular weight is 425 g/mol. The van der Waals surface area contributed by atoms with Gasteiger partial charge < -0.3 is 10.1 Å². The van der Waals surface area contributed by atoms with Gasteiger partial charge in [-0.1, -0.05) is 42.5 Å². The Kier molecular flexibility index (Phi) is 7.21. The van der Waals surface area contributed by atoms with Gasteiger partial charge in [0, 0.05) is 24.4 Å². The second-order valence-electron chi connectivity index (χ2n) is 6.63. The van der Waals surface area contributed by atoms with Gasteiger partial charge in [-0.25, -0.2) is 8.42 Å². The van der Waals surface area contributed by atoms with Gasteiger partial charge in [0.05, 0.1) is 11.5 Å². The van der Waals surface area contributed by atoms with Gasteiger partial charge >= 0.3 is 0 Å². The van der Waals surface area contributed by atoms with Crippen LogP contribution in [-0.2, 0) is 27.9 Å². The topological polar surface area (TPSA) is 84.5 Å². The van der Waals surface area contributed by atoms with E-state index in [9.17, 15) is 13.2 Å². The summed E-state index contributed by atoms with van der Waals surface area (Å²) in [6.45, 7) is 3.56. The van der Waals surface area contributed by atoms with E-state index < -0.39 is 10.0 Å². The third-order valence-electron chi connectivity index (χ3n) is 4.40. The highest BCUT2D eigenvalue weighted by Crippen LogP contribution is 2.16. The molecule has 0 saturated carbocycles. The lowest BCUT2D eigenvalue weighted by atomic mass is 10.1. The smallest absolute Gasteiger partial charge is 0.261 e. The number of amides is 1. The lowest BCUT2D eigenvalue weighted by molar-refractivity contribution is 0.0950. The molecule has 0 radical (unpaired) electrons. The second kappa shape index (κ2) is 10.0. The van der Waals surface area contributed by atoms with Crippen molar-refractivity contribution in [3.63, 3.8) is 0 Å². The molecule has 0 heterocycles. The maximum Gasteiger partial charge on any atom is 0.261 e. The lowest BCUT2D eigenvalue weighted by Gasteiger charge is -2.09. The normalized spacial score (nSPS) is 11.1. The SMILES string of the molecule is CCOCc1ccc(CNC(=O)c2ccc(S(=O)(=O)Nc3ccccc3)cc2)cc1. The van der Waals surface area contributed by atoms with Gasteiger partial charge in [0.1, 0.15) is 0 Å². The fourth-order valence-electron chi connectivity index (χ4n) is 2.76. The Hall–Kier alpha value is -3.16. The van der Waals surface area contributed by atoms with Crippen molar-refractivity contribution in [2.24, 2.45) is 0 Å². The number of anilines is 1. The van der Waals surface area contributed by atoms with Crippen molar-refractivity contribution in [1.82, 2.24) is 5.32 Å². The van der Waals surface area contributed by atoms with Crippen LogP contribution in [0.25, 0.3) is 0 Å². The van der Waals surface area contributed by atoms with Gasteiger partial charge in [0.25, 0.3) is 15.9 Å². The summed E-state index contributed by atoms with van der Waals surface area (Å²) in [5.41, 5.74) is 2.91. The van der Waals surface area contributed by atoms with Crippen molar-refractivity contribution >= 4 is 21.6 Å². The van der Waals surface area contributed by atoms with Crippen LogP contribution in [0.15, 0.2) is 83.8 Å². The molecular weight excluding hydrogens is 400 g/mol. The quantitative estimate of drug-likeness (QED) is 0.545. The third kappa shape index (κ3) is 5.92. The molecule has 30 heavy (non-hydrogen) atoms. The van der Waals surface area contributed by atoms with E-state index in [0.717, 1.165) is 11.1 Å². The number of hydrogen-bond donors (Lipinski definition) is 2. The highest BCUT2D eigenvalue weighted by atomic mass is 32.2. The molecule has 0 saturated heterocycles. The zero-order chi connectivity index (χ0) is 21.4. The van der Waals surface area contributed by atoms with Crippen molar-refractivity contribution in [3.8, 4) is 0 Å². The van der Waals surface area contributed by atoms with Crippen molar-refractivity contribution in [3.05, 3.63) is 95.6 Å². The Morgan fingerprint density at radius 2 is 1.50 bits per heavy atom. The van der Waals surface area contributed by atoms with Gasteiger partial charge in [-0.2, -0.15) is 0 Å². The Balaban J connectivity index is 1.58. The van der Waals surface area contributed by atoms with E-state index >= 15 is 0 Å². The molecular formula is C23H24N2O4S. The number of hydrogen-bond acceptors (Lipinski definition) is 4. The van der Waals surface area contributed by atoms with Crippen LogP contribution in [0.5, 0.6) is 0 Å². The van der Waals surface area contributed by atoms with E-state index in [2.05, 4.69) is 10.0 Å². The van der Waals surface area contributed by atoms with Crippen LogP contribution in [0, 0.1) is 0 Å². The van der Waals surface area contributed by atoms with E-state index in [1.165, 1.54) is 24.3 Å². The summed E-state index contributed by atoms with van der Waals surface area (Å²) < 4.78 is 32.8. The van der Waals surface area contributed by atoms with E-state index in [1.807, 2.05) is 31.2 Å². The first-order chi connectivity index (χ1) is 14.5. The molecule has 0 unspecified atom stereocenters. The third-order valence-corrected chi connectivity index (χ3v) is 5.80. The Bertz CT molecular complexity index is 1060. The molecule has 3 rings (SSSR count). The number of para-hydroxylation sites is 1. The standard InChI is InChI=1S/C23H24N2O4S/c1-2-29-17-19-10-8-18(9-11-19)16-24-23(26)20-12-14-22(15-13-20)30(27,28)25-21-6-4-3-5-7-21/h3-15,25H,2,16-17H2,1H3,(H,24,26). The molecule has 0 fully saturated rings. The number of ether oxygens (including phenoxy) is 1. The Morgan fingerprint density at radius 3 is 2.13 bits per heavy atom. The van der Waals surface area contributed by atoms with E-state index in [0.29, 0.717) is 31.0 Å². The molecule has 0 bridgehead atoms. The number of benzene rings is 3. The highest BCUT2D eigenvalue weighted by molar-refractivity contribution is 7.92. The average Bonchev–Trinajstić information content (AvgIpc) is 2.77. The minimum Gasteiger partial charge on any atom is -0.377 e. The predicted molar refractivity (Wildman–Crippen MR) is 117 cm³/mol. The van der Waals surface area contributed by atoms with Crippen LogP contribution in [0.4, 0.5) is 5.69 Å². The van der Waals surface area contributed by atoms with Crippen molar-refractivity contribution < 1.29 is 17.9 Å². The first kappa shape index (κ1) is 21.5. The van der Waals surface area contributed by atoms with Gasteiger partial charge in [-0.3, -0.25) is 9.52 Å². The molecule has 2 N–H and O–H groups in total. The Labute approximate surface area is 177 Å². The van der Waals surface area contributed by atoms with Crippen molar-refractivity contribution in [2.75, 3.05) is 11.3 Å². The molecule has 0 aliphatic carbocycles. The monoisotopic (exact) mass is 424 g/mol. The molecule has 0 aliphatic rings. The molecule has 0 atom stereocenters. The fraction of sp³-hybridized carbons (Fsp3) is 0.174. The summed E-state index contributed by atoms with van der Waals surface area (Å²) in [5, 5.41) is 2.84. The summed E-state index contributed by atoms with van der Waals surface area (Å²) in [6.07, 6.45) is 0. The van der Waals surface area contributed by atoms with Crippen molar-refractivity contribution in [2.45, 2.75) is 25.0 Å². The van der Waals surface area contributed by atoms with Crippen LogP contribution < -0.4 is 10.0 Å². The first-order valence-electron chi connectivity index (χ1n) is 9.59. The highest BCUT2D eigenvalue weighted by Gasteiger charge is 2.15. The fourth-order valence-corrected chi connectivity index (χ4v) is 3.82. The first-order valence-corrected chi connectivity index (χ1v) is 11.1. The summed E-state index contributed by atoms with van der Waals surface area (Å²) >= 11 is 0. The van der Waals surface area contributed by atoms with Gasteiger partial charge in [-0.05, 0) is 54.4 Å². The van der Waals surface area contributed by atoms with Crippen LogP contribution in [0.1, 0.15) is 28.4 Å². The minimum absolute atomic E-state index is 0.0905. The molecule has 3 aromatic rings. The summed E-state index contributed by atoms with van der Waals surface area (Å²) in [4.78, 5) is 12.5. The molecule has 6 nitrogen and oxygen atoms in total. The van der Waals surface area contributed by atoms with E-state index in [-0.39, 0.29) is 10.8 Å². The molecule has 0 spiro atoms. The number of carbonyl (C=O) groups excluding carboxylic acids is 1. The van der Waals surface area contributed by atoms with E-state index in [4.69, 9.17) is 4.74 Å². The zero-order valence-electron chi connectivity index (χ0n) is 16.7. The summed E-state index contributed by atoms with van der Waals surface area (Å²) in [5.74, 6) is -0.270. The molecule has 7 heteroatoms. The lowest BCUT2D eigenvalue weighted by Crippen LogP contribution is -2.23. The van der Waals surface area contributed by atoms with E-state index in [1.54, 1.807) is 30.3 Å². The zero-order valence-corrected chi connectivity index (χ0v) is 17.5. The number of nitrogens with one attached hydrogen (secondary N) is 2. The van der Waals surface area contributed by atoms with Crippen LogP contribution in [0.3, 0.4) is 0 Å². The van der Waals surface area contributed by atoms with Gasteiger partial charge in [0.2, 0.25) is 0 Å². The molecule has 0 aromatic heterocycles. The summed E-state index contributed by atoms with van der Waals surface area (Å²) in [7, 11) is -3.71. The maximum atomic E-state index is 12.5. The molecule has 0 aliphatic heterocycles. The van der Waals surface area contributed by atoms with Gasteiger partial charge in [-0.15, -0.1) is 0 Å². The molecule has 1 amide bonds. The largest absolute Gasteiger partial charge is 0.377 e. The van der Waals surface area contributed by atoms with Gasteiger partial charge in [0.15, 0.2) is 0 Å². The van der Waals surface area contributed by atoms with Crippen LogP contribution in [-0.4, -0.2) is 20.9 Å². The molecule has 156 valence electrons. The molecule has 3 aromatic carbocycles. The number of carbonyl (C=O) groups is 1. The Morgan fingerprint density at radius 1 is 0.867 bits per heavy atom. The van der Waals surface area contributed by atoms with Crippen LogP contribution in [0.2, 0.25) is 0 Å². The minimum atomic E-state index is -3.71. The number of rotatable bonds is 9. The van der Waals surface area contributed by atoms with Crippen LogP contribution >= 0.6 is 0 Å².